The first-order chi connectivity index (χ1) is 42.8. The zero-order valence-corrected chi connectivity index (χ0v) is 50.6. The summed E-state index contributed by atoms with van der Waals surface area (Å²) in [5, 5.41) is 25.4. The van der Waals surface area contributed by atoms with E-state index in [4.69, 9.17) is 30.4 Å². The average Bonchev–Trinajstić information content (AvgIpc) is 1.60. The number of morpholine rings is 1. The fourth-order valence-corrected chi connectivity index (χ4v) is 10.0. The van der Waals surface area contributed by atoms with Crippen molar-refractivity contribution >= 4 is 68.9 Å². The molecule has 0 unspecified atom stereocenters. The molecule has 1 saturated heterocycles. The van der Waals surface area contributed by atoms with Gasteiger partial charge in [0.05, 0.1) is 47.3 Å². The molecule has 3 amide bonds. The summed E-state index contributed by atoms with van der Waals surface area (Å²) in [7, 11) is 3.24. The monoisotopic (exact) mass is 1250 g/mol. The minimum Gasteiger partial charge on any atom is -0.379 e. The number of nitrogens with one attached hydrogen (secondary N) is 5. The third kappa shape index (κ3) is 13.4. The van der Waals surface area contributed by atoms with Crippen LogP contribution in [-0.2, 0) is 58.4 Å². The van der Waals surface area contributed by atoms with Crippen LogP contribution in [0.15, 0.2) is 88.5 Å². The van der Waals surface area contributed by atoms with Crippen molar-refractivity contribution < 1.29 is 46.1 Å². The Kier molecular flexibility index (Phi) is 16.9. The fraction of sp³-hybridized carbons (Fsp3) is 0.311. The van der Waals surface area contributed by atoms with E-state index in [1.54, 1.807) is 44.6 Å². The molecule has 9 heterocycles. The number of nitrogens with zero attached hydrogens (tertiary/aromatic N) is 13. The van der Waals surface area contributed by atoms with E-state index < -0.39 is 58.9 Å². The highest BCUT2D eigenvalue weighted by Gasteiger charge is 2.36. The summed E-state index contributed by atoms with van der Waals surface area (Å²) in [6, 6.07) is 10.9. The van der Waals surface area contributed by atoms with E-state index in [0.717, 1.165) is 19.2 Å². The molecule has 10 aromatic rings. The van der Waals surface area contributed by atoms with Crippen LogP contribution in [-0.4, -0.2) is 131 Å². The lowest BCUT2D eigenvalue weighted by Crippen LogP contribution is -2.36. The Morgan fingerprint density at radius 1 is 0.789 bits per heavy atom. The van der Waals surface area contributed by atoms with E-state index in [-0.39, 0.29) is 86.4 Å². The summed E-state index contributed by atoms with van der Waals surface area (Å²) in [4.78, 5) is 89.0. The van der Waals surface area contributed by atoms with Crippen LogP contribution >= 0.6 is 11.6 Å². The first-order valence-electron chi connectivity index (χ1n) is 28.2. The van der Waals surface area contributed by atoms with Crippen molar-refractivity contribution in [2.24, 2.45) is 14.1 Å². The highest BCUT2D eigenvalue weighted by molar-refractivity contribution is 6.31. The summed E-state index contributed by atoms with van der Waals surface area (Å²) < 4.78 is 65.6. The summed E-state index contributed by atoms with van der Waals surface area (Å²) >= 11 is 6.78. The normalized spacial score (nSPS) is 13.3. The molecule has 8 aromatic heterocycles. The maximum Gasteiger partial charge on any atom is 0.416 e. The molecule has 5 N–H and O–H groups in total. The molecule has 0 saturated carbocycles. The van der Waals surface area contributed by atoms with Gasteiger partial charge in [-0.3, -0.25) is 33.4 Å². The van der Waals surface area contributed by atoms with Crippen molar-refractivity contribution in [3.8, 4) is 57.0 Å². The molecule has 0 bridgehead atoms. The molecule has 2 aromatic carbocycles. The van der Waals surface area contributed by atoms with Crippen molar-refractivity contribution in [3.05, 3.63) is 130 Å². The number of Topliss-reactive ketones (excluding diaryl/α,β-unsaturated/α-hetero) is 1. The largest absolute Gasteiger partial charge is 0.416 e. The highest BCUT2D eigenvalue weighted by Crippen LogP contribution is 2.40. The number of rotatable bonds is 16. The number of amides is 3. The Hall–Kier alpha value is -10.2. The zero-order valence-electron chi connectivity index (χ0n) is 49.8. The van der Waals surface area contributed by atoms with Crippen LogP contribution in [0.1, 0.15) is 103 Å². The van der Waals surface area contributed by atoms with Gasteiger partial charge < -0.3 is 39.7 Å². The van der Waals surface area contributed by atoms with Crippen LogP contribution in [0.5, 0.6) is 0 Å². The Bertz CT molecular complexity index is 4520. The van der Waals surface area contributed by atoms with Crippen molar-refractivity contribution in [1.29, 1.82) is 0 Å². The second kappa shape index (κ2) is 24.7. The Morgan fingerprint density at radius 2 is 1.44 bits per heavy atom. The molecule has 29 heteroatoms. The molecule has 462 valence electrons. The topological polar surface area (TPSA) is 313 Å². The first kappa shape index (κ1) is 61.4. The van der Waals surface area contributed by atoms with E-state index >= 15 is 13.2 Å². The minimum atomic E-state index is -5.02. The lowest BCUT2D eigenvalue weighted by molar-refractivity contribution is -0.138. The number of halogens is 4. The second-order valence-electron chi connectivity index (χ2n) is 23.2. The van der Waals surface area contributed by atoms with E-state index in [1.807, 2.05) is 47.6 Å². The van der Waals surface area contributed by atoms with Gasteiger partial charge in [0.15, 0.2) is 34.5 Å². The molecule has 90 heavy (non-hydrogen) atoms. The number of aryl methyl sites for hydroxylation is 2. The number of hydrogen-bond donors (Lipinski definition) is 5. The van der Waals surface area contributed by atoms with Crippen molar-refractivity contribution in [2.45, 2.75) is 77.9 Å². The molecule has 25 nitrogen and oxygen atoms in total. The van der Waals surface area contributed by atoms with Gasteiger partial charge in [-0.1, -0.05) is 87.6 Å². The number of anilines is 2. The zero-order chi connectivity index (χ0) is 63.8. The summed E-state index contributed by atoms with van der Waals surface area (Å²) in [6.45, 7) is 14.4. The molecule has 1 aliphatic heterocycles. The molecule has 11 rings (SSSR count). The maximum atomic E-state index is 15.6. The number of carbonyl (C=O) groups excluding carboxylic acids is 4. The van der Waals surface area contributed by atoms with Crippen LogP contribution < -0.4 is 16.0 Å². The van der Waals surface area contributed by atoms with E-state index in [2.05, 4.69) is 88.1 Å². The number of benzene rings is 2. The standard InChI is InChI=1S/C61H58ClF3N18O7/c1-59(2,3)57-76-55(89-79-57)43(84)15-14-36-32(26-35(27-40(36)61(63,64)65)38-18-20-66-50-47(38)72-49(74-50)39-30-69-82(8)53(39)71-44(85)10-9-21-83-22-24-88-25-23-83)13-16-45(86)70-42-31-81(7)78-48(42)52-73-46-37(17-19-67-51(46)75-52)33-11-12-34(41(62)28-33)29-68-54(87)56-77-58(80-90-56)60(4,5)6/h9-12,17-20,26-28,30-31H,14-15,21-25,29H2,1-8H3,(H,68,87)(H,70,86)(H,71,85)(H,66,72,74)(H,67,73,75)/b10-9+. The van der Waals surface area contributed by atoms with E-state index in [9.17, 15) is 19.2 Å². The van der Waals surface area contributed by atoms with Gasteiger partial charge in [-0.2, -0.15) is 33.3 Å². The number of fused-ring (bicyclic) bond motifs is 2. The molecule has 1 fully saturated rings. The number of H-pyrrole nitrogens is 2. The number of alkyl halides is 3. The number of ketones is 1. The van der Waals surface area contributed by atoms with Gasteiger partial charge in [0.25, 0.3) is 5.89 Å². The molecule has 0 spiro atoms. The summed E-state index contributed by atoms with van der Waals surface area (Å²) in [5.74, 6) is 3.30. The van der Waals surface area contributed by atoms with Crippen LogP contribution in [0, 0.1) is 11.8 Å². The van der Waals surface area contributed by atoms with Crippen molar-refractivity contribution in [1.82, 2.24) is 80.0 Å². The molecule has 0 aliphatic carbocycles. The van der Waals surface area contributed by atoms with Gasteiger partial charge in [-0.15, -0.1) is 0 Å². The quantitative estimate of drug-likeness (QED) is 0.0342. The van der Waals surface area contributed by atoms with Crippen LogP contribution in [0.4, 0.5) is 24.7 Å². The maximum absolute atomic E-state index is 15.6. The number of pyridine rings is 2. The Morgan fingerprint density at radius 3 is 2.11 bits per heavy atom. The number of ether oxygens (including phenoxy) is 1. The third-order valence-electron chi connectivity index (χ3n) is 14.5. The third-order valence-corrected chi connectivity index (χ3v) is 14.8. The van der Waals surface area contributed by atoms with Gasteiger partial charge in [-0.05, 0) is 59.0 Å². The number of carbonyl (C=O) groups is 4. The predicted octanol–water partition coefficient (Wildman–Crippen LogP) is 8.96. The number of imidazole rings is 2. The van der Waals surface area contributed by atoms with Crippen molar-refractivity contribution in [2.75, 3.05) is 43.5 Å². The first-order valence-corrected chi connectivity index (χ1v) is 28.6. The average molecular weight is 1250 g/mol. The highest BCUT2D eigenvalue weighted by atomic mass is 35.5. The number of aromatic amines is 2. The van der Waals surface area contributed by atoms with Crippen LogP contribution in [0.25, 0.3) is 67.5 Å². The van der Waals surface area contributed by atoms with Crippen molar-refractivity contribution in [3.63, 3.8) is 0 Å². The Labute approximate surface area is 515 Å². The lowest BCUT2D eigenvalue weighted by Gasteiger charge is -2.25. The van der Waals surface area contributed by atoms with Gasteiger partial charge in [-0.25, -0.2) is 19.9 Å². The van der Waals surface area contributed by atoms with Crippen LogP contribution in [0.2, 0.25) is 5.02 Å². The van der Waals surface area contributed by atoms with Gasteiger partial charge in [0, 0.05) is 110 Å². The summed E-state index contributed by atoms with van der Waals surface area (Å²) in [5.41, 5.74) is 1.21. The molecular formula is C61H58ClF3N18O7. The lowest BCUT2D eigenvalue weighted by atomic mass is 9.91. The SMILES string of the molecule is Cn1cc(NC(=O)C#Cc2cc(-c3ccnc4nc(-c5cnn(C)c5NC(=O)/C=C/CN5CCOCC5)[nH]c34)cc(C(F)(F)F)c2CCC(=O)c2nc(C(C)(C)C)no2)c(-c2nc3nccc(-c4ccc(CNC(=O)c5nc(C(C)(C)C)no5)c(Cl)c4)c3[nH]2)n1. The number of hydrogen-bond acceptors (Lipinski definition) is 18. The molecule has 0 radical (unpaired) electrons. The minimum absolute atomic E-state index is 0.00671. The van der Waals surface area contributed by atoms with Gasteiger partial charge in [0.1, 0.15) is 11.6 Å². The van der Waals surface area contributed by atoms with Crippen LogP contribution in [0.3, 0.4) is 0 Å². The molecule has 1 aliphatic rings. The smallest absolute Gasteiger partial charge is 0.379 e. The van der Waals surface area contributed by atoms with Gasteiger partial charge >= 0.3 is 23.9 Å². The number of aromatic nitrogens is 14. The predicted molar refractivity (Wildman–Crippen MR) is 323 cm³/mol. The van der Waals surface area contributed by atoms with E-state index in [1.165, 1.54) is 46.2 Å². The van der Waals surface area contributed by atoms with Gasteiger partial charge in [0.2, 0.25) is 11.7 Å². The Balaban J connectivity index is 0.887. The fourth-order valence-electron chi connectivity index (χ4n) is 9.76. The second-order valence-corrected chi connectivity index (χ2v) is 23.6. The molecule has 0 atom stereocenters. The summed E-state index contributed by atoms with van der Waals surface area (Å²) in [6.07, 6.45) is 3.07. The van der Waals surface area contributed by atoms with E-state index in [0.29, 0.717) is 64.0 Å². The molecular weight excluding hydrogens is 1190 g/mol.